The van der Waals surface area contributed by atoms with Gasteiger partial charge >= 0.3 is 0 Å². The van der Waals surface area contributed by atoms with Crippen LogP contribution in [0.25, 0.3) is 0 Å². The van der Waals surface area contributed by atoms with Crippen LogP contribution in [0.15, 0.2) is 12.2 Å². The highest BCUT2D eigenvalue weighted by atomic mass is 16.3. The highest BCUT2D eigenvalue weighted by molar-refractivity contribution is 5.80. The van der Waals surface area contributed by atoms with Gasteiger partial charge in [0.15, 0.2) is 0 Å². The molecule has 0 aromatic heterocycles. The van der Waals surface area contributed by atoms with Gasteiger partial charge in [0.1, 0.15) is 12.2 Å². The van der Waals surface area contributed by atoms with E-state index in [0.29, 0.717) is 12.8 Å². The minimum absolute atomic E-state index is 0.369. The van der Waals surface area contributed by atoms with Crippen LogP contribution in [0.2, 0.25) is 0 Å². The summed E-state index contributed by atoms with van der Waals surface area (Å²) in [5.74, 6) is -0.586. The summed E-state index contributed by atoms with van der Waals surface area (Å²) in [6.45, 7) is 4.09. The number of aliphatic hydroxyl groups excluding tert-OH is 4. The highest BCUT2D eigenvalue weighted by Crippen LogP contribution is 2.18. The molecule has 0 aliphatic heterocycles. The molecule has 64 heavy (non-hydrogen) atoms. The molecule has 6 heteroatoms. The number of allylic oxidation sites excluding steroid dienone is 2. The minimum atomic E-state index is -1.28. The Kier molecular flexibility index (Phi) is 52.2. The SMILES string of the molecule is CCCCCCCCCCCCCCCCC/C=C/CCCC(O)C(O)C(CO)NC(=O)C(O)CCCCCCCCCCCCCCCCCCCCCCCCCCCCCC. The van der Waals surface area contributed by atoms with Crippen LogP contribution in [-0.4, -0.2) is 57.3 Å². The predicted molar refractivity (Wildman–Crippen MR) is 279 cm³/mol. The number of aliphatic hydroxyl groups is 4. The van der Waals surface area contributed by atoms with Gasteiger partial charge in [0, 0.05) is 0 Å². The predicted octanol–water partition coefficient (Wildman–Crippen LogP) is 16.9. The Hall–Kier alpha value is -0.950. The summed E-state index contributed by atoms with van der Waals surface area (Å²) in [6.07, 6.45) is 62.9. The molecule has 0 radical (unpaired) electrons. The lowest BCUT2D eigenvalue weighted by atomic mass is 10.00. The smallest absolute Gasteiger partial charge is 0.249 e. The van der Waals surface area contributed by atoms with Crippen molar-refractivity contribution in [1.82, 2.24) is 5.32 Å². The first-order valence-electron chi connectivity index (χ1n) is 29.1. The van der Waals surface area contributed by atoms with Gasteiger partial charge in [-0.3, -0.25) is 4.79 Å². The number of rotatable bonds is 54. The fourth-order valence-corrected chi connectivity index (χ4v) is 9.41. The number of nitrogens with one attached hydrogen (secondary N) is 1. The number of carbonyl (C=O) groups excluding carboxylic acids is 1. The van der Waals surface area contributed by atoms with Crippen molar-refractivity contribution in [1.29, 1.82) is 0 Å². The van der Waals surface area contributed by atoms with E-state index < -0.39 is 36.9 Å². The summed E-state index contributed by atoms with van der Waals surface area (Å²) in [7, 11) is 0. The van der Waals surface area contributed by atoms with E-state index in [9.17, 15) is 25.2 Å². The normalized spacial score (nSPS) is 13.8. The van der Waals surface area contributed by atoms with Crippen LogP contribution in [0.3, 0.4) is 0 Å². The minimum Gasteiger partial charge on any atom is -0.394 e. The molecule has 0 aliphatic carbocycles. The molecule has 0 fully saturated rings. The average molecular weight is 907 g/mol. The zero-order valence-electron chi connectivity index (χ0n) is 43.3. The second kappa shape index (κ2) is 53.0. The van der Waals surface area contributed by atoms with Crippen molar-refractivity contribution in [2.24, 2.45) is 0 Å². The van der Waals surface area contributed by atoms with Gasteiger partial charge < -0.3 is 25.7 Å². The molecule has 0 bridgehead atoms. The largest absolute Gasteiger partial charge is 0.394 e. The topological polar surface area (TPSA) is 110 Å². The molecular formula is C58H115NO5. The van der Waals surface area contributed by atoms with Crippen LogP contribution < -0.4 is 5.32 Å². The van der Waals surface area contributed by atoms with E-state index in [0.717, 1.165) is 38.5 Å². The lowest BCUT2D eigenvalue weighted by molar-refractivity contribution is -0.132. The van der Waals surface area contributed by atoms with Gasteiger partial charge in [-0.1, -0.05) is 296 Å². The van der Waals surface area contributed by atoms with Gasteiger partial charge in [0.25, 0.3) is 0 Å². The van der Waals surface area contributed by atoms with E-state index >= 15 is 0 Å². The number of amides is 1. The zero-order chi connectivity index (χ0) is 46.7. The monoisotopic (exact) mass is 906 g/mol. The first-order valence-corrected chi connectivity index (χ1v) is 29.1. The van der Waals surface area contributed by atoms with Crippen molar-refractivity contribution in [2.45, 2.75) is 346 Å². The van der Waals surface area contributed by atoms with E-state index in [1.807, 2.05) is 0 Å². The molecule has 382 valence electrons. The molecule has 0 aromatic rings. The van der Waals surface area contributed by atoms with E-state index in [1.165, 1.54) is 257 Å². The third kappa shape index (κ3) is 46.2. The van der Waals surface area contributed by atoms with Crippen molar-refractivity contribution in [3.8, 4) is 0 Å². The number of unbranched alkanes of at least 4 members (excludes halogenated alkanes) is 43. The first kappa shape index (κ1) is 63.0. The number of carbonyl (C=O) groups is 1. The van der Waals surface area contributed by atoms with Gasteiger partial charge in [0.2, 0.25) is 5.91 Å². The molecule has 0 spiro atoms. The molecule has 6 nitrogen and oxygen atoms in total. The molecule has 0 aliphatic rings. The Bertz CT molecular complexity index is 928. The van der Waals surface area contributed by atoms with Gasteiger partial charge in [-0.15, -0.1) is 0 Å². The van der Waals surface area contributed by atoms with Gasteiger partial charge in [-0.25, -0.2) is 0 Å². The summed E-state index contributed by atoms with van der Waals surface area (Å²) < 4.78 is 0. The Morgan fingerprint density at radius 1 is 0.375 bits per heavy atom. The molecule has 1 amide bonds. The van der Waals surface area contributed by atoms with Crippen LogP contribution in [0.5, 0.6) is 0 Å². The third-order valence-corrected chi connectivity index (χ3v) is 14.0. The van der Waals surface area contributed by atoms with Gasteiger partial charge in [-0.2, -0.15) is 0 Å². The fourth-order valence-electron chi connectivity index (χ4n) is 9.41. The lowest BCUT2D eigenvalue weighted by Crippen LogP contribution is -2.53. The van der Waals surface area contributed by atoms with Crippen molar-refractivity contribution >= 4 is 5.91 Å². The Morgan fingerprint density at radius 3 is 0.938 bits per heavy atom. The van der Waals surface area contributed by atoms with E-state index in [-0.39, 0.29) is 0 Å². The Morgan fingerprint density at radius 2 is 0.641 bits per heavy atom. The number of hydrogen-bond acceptors (Lipinski definition) is 5. The van der Waals surface area contributed by atoms with Crippen LogP contribution in [0.4, 0.5) is 0 Å². The summed E-state index contributed by atoms with van der Waals surface area (Å²) in [5.41, 5.74) is 0. The van der Waals surface area contributed by atoms with Gasteiger partial charge in [0.05, 0.1) is 18.8 Å². The van der Waals surface area contributed by atoms with Crippen LogP contribution in [0, 0.1) is 0 Å². The summed E-state index contributed by atoms with van der Waals surface area (Å²) in [5, 5.41) is 44.0. The molecule has 0 saturated heterocycles. The van der Waals surface area contributed by atoms with E-state index in [4.69, 9.17) is 0 Å². The van der Waals surface area contributed by atoms with Crippen LogP contribution in [-0.2, 0) is 4.79 Å². The second-order valence-corrected chi connectivity index (χ2v) is 20.3. The second-order valence-electron chi connectivity index (χ2n) is 20.3. The van der Waals surface area contributed by atoms with Crippen LogP contribution in [0.1, 0.15) is 322 Å². The molecule has 0 rings (SSSR count). The van der Waals surface area contributed by atoms with Gasteiger partial charge in [-0.05, 0) is 38.5 Å². The summed E-state index contributed by atoms with van der Waals surface area (Å²) in [4.78, 5) is 12.6. The number of hydrogen-bond donors (Lipinski definition) is 5. The maximum atomic E-state index is 12.6. The third-order valence-electron chi connectivity index (χ3n) is 14.0. The molecule has 4 unspecified atom stereocenters. The van der Waals surface area contributed by atoms with E-state index in [1.54, 1.807) is 0 Å². The van der Waals surface area contributed by atoms with E-state index in [2.05, 4.69) is 31.3 Å². The first-order chi connectivity index (χ1) is 31.5. The van der Waals surface area contributed by atoms with Crippen molar-refractivity contribution in [3.63, 3.8) is 0 Å². The van der Waals surface area contributed by atoms with Crippen LogP contribution >= 0.6 is 0 Å². The maximum Gasteiger partial charge on any atom is 0.249 e. The summed E-state index contributed by atoms with van der Waals surface area (Å²) >= 11 is 0. The standard InChI is InChI=1S/C58H115NO5/c1-3-5-7-9-11-13-15-17-19-21-23-25-26-27-28-29-30-31-32-34-36-38-40-42-44-46-48-50-52-56(62)58(64)59-54(53-60)57(63)55(61)51-49-47-45-43-41-39-37-35-33-24-22-20-18-16-14-12-10-8-6-4-2/h43,45,54-57,60-63H,3-42,44,46-53H2,1-2H3,(H,59,64)/b45-43+. The van der Waals surface area contributed by atoms with Crippen molar-refractivity contribution < 1.29 is 25.2 Å². The fraction of sp³-hybridized carbons (Fsp3) is 0.948. The maximum absolute atomic E-state index is 12.6. The van der Waals surface area contributed by atoms with Crippen molar-refractivity contribution in [3.05, 3.63) is 12.2 Å². The molecule has 5 N–H and O–H groups in total. The highest BCUT2D eigenvalue weighted by Gasteiger charge is 2.28. The molecule has 0 heterocycles. The molecule has 0 saturated carbocycles. The van der Waals surface area contributed by atoms with Crippen molar-refractivity contribution in [2.75, 3.05) is 6.61 Å². The molecule has 4 atom stereocenters. The average Bonchev–Trinajstić information content (AvgIpc) is 3.30. The zero-order valence-corrected chi connectivity index (χ0v) is 43.3. The Labute approximate surface area is 400 Å². The lowest BCUT2D eigenvalue weighted by Gasteiger charge is -2.27. The summed E-state index contributed by atoms with van der Waals surface area (Å²) in [6, 6.07) is -0.999. The molecule has 0 aromatic carbocycles. The quantitative estimate of drug-likeness (QED) is 0.0308. The Balaban J connectivity index is 3.60. The molecular weight excluding hydrogens is 791 g/mol.